The van der Waals surface area contributed by atoms with Gasteiger partial charge in [0.05, 0.1) is 20.3 Å². The van der Waals surface area contributed by atoms with E-state index in [1.54, 1.807) is 25.6 Å². The first-order valence-electron chi connectivity index (χ1n) is 9.93. The molecular weight excluding hydrogens is 418 g/mol. The molecule has 6 heteroatoms. The van der Waals surface area contributed by atoms with Crippen LogP contribution in [0.5, 0.6) is 11.5 Å². The van der Waals surface area contributed by atoms with Gasteiger partial charge < -0.3 is 14.4 Å². The molecular formula is C24H24ClNO3S. The maximum Gasteiger partial charge on any atom is 0.223 e. The van der Waals surface area contributed by atoms with E-state index in [0.29, 0.717) is 30.2 Å². The van der Waals surface area contributed by atoms with Crippen molar-refractivity contribution in [2.75, 3.05) is 20.8 Å². The molecule has 0 bridgehead atoms. The van der Waals surface area contributed by atoms with Gasteiger partial charge >= 0.3 is 0 Å². The first kappa shape index (κ1) is 20.8. The van der Waals surface area contributed by atoms with E-state index in [2.05, 4.69) is 11.4 Å². The number of ether oxygens (including phenoxy) is 2. The molecule has 1 aromatic heterocycles. The van der Waals surface area contributed by atoms with Crippen LogP contribution in [-0.4, -0.2) is 31.6 Å². The number of nitrogens with zero attached hydrogens (tertiary/aromatic N) is 1. The van der Waals surface area contributed by atoms with Crippen molar-refractivity contribution < 1.29 is 14.3 Å². The molecule has 0 saturated heterocycles. The average Bonchev–Trinajstić information content (AvgIpc) is 3.31. The molecule has 0 saturated carbocycles. The van der Waals surface area contributed by atoms with Crippen LogP contribution in [0.3, 0.4) is 0 Å². The molecule has 0 spiro atoms. The van der Waals surface area contributed by atoms with E-state index in [1.165, 1.54) is 5.56 Å². The number of rotatable bonds is 6. The van der Waals surface area contributed by atoms with Gasteiger partial charge in [-0.05, 0) is 65.2 Å². The highest BCUT2D eigenvalue weighted by molar-refractivity contribution is 7.10. The summed E-state index contributed by atoms with van der Waals surface area (Å²) in [6, 6.07) is 15.8. The monoisotopic (exact) mass is 441 g/mol. The lowest BCUT2D eigenvalue weighted by Crippen LogP contribution is -2.40. The number of benzene rings is 2. The van der Waals surface area contributed by atoms with Gasteiger partial charge in [0, 0.05) is 22.9 Å². The summed E-state index contributed by atoms with van der Waals surface area (Å²) in [4.78, 5) is 16.4. The van der Waals surface area contributed by atoms with Crippen LogP contribution in [0.15, 0.2) is 53.9 Å². The Morgan fingerprint density at radius 2 is 1.87 bits per heavy atom. The first-order valence-corrected chi connectivity index (χ1v) is 11.2. The third-order valence-corrected chi connectivity index (χ3v) is 6.72. The molecule has 0 N–H and O–H groups in total. The Hall–Kier alpha value is -2.50. The van der Waals surface area contributed by atoms with Crippen LogP contribution in [0.2, 0.25) is 5.02 Å². The third kappa shape index (κ3) is 4.18. The molecule has 156 valence electrons. The lowest BCUT2D eigenvalue weighted by molar-refractivity contribution is -0.133. The predicted octanol–water partition coefficient (Wildman–Crippen LogP) is 5.53. The SMILES string of the molecule is COc1cc2c(cc1OC)C(c1cccs1)N(C(=O)CCc1ccc(Cl)cc1)CC2. The smallest absolute Gasteiger partial charge is 0.223 e. The number of carbonyl (C=O) groups excluding carboxylic acids is 1. The Balaban J connectivity index is 1.63. The molecule has 0 fully saturated rings. The Morgan fingerprint density at radius 3 is 2.53 bits per heavy atom. The number of fused-ring (bicyclic) bond motifs is 1. The van der Waals surface area contributed by atoms with Crippen molar-refractivity contribution in [3.63, 3.8) is 0 Å². The van der Waals surface area contributed by atoms with E-state index in [-0.39, 0.29) is 11.9 Å². The molecule has 3 aromatic rings. The first-order chi connectivity index (χ1) is 14.6. The molecule has 2 heterocycles. The standard InChI is InChI=1S/C24H24ClNO3S/c1-28-20-14-17-11-12-26(23(27)10-7-16-5-8-18(25)9-6-16)24(22-4-3-13-30-22)19(17)15-21(20)29-2/h3-6,8-9,13-15,24H,7,10-12H2,1-2H3. The lowest BCUT2D eigenvalue weighted by Gasteiger charge is -2.37. The second-order valence-corrected chi connectivity index (χ2v) is 8.70. The Bertz CT molecular complexity index is 1020. The largest absolute Gasteiger partial charge is 0.493 e. The zero-order valence-electron chi connectivity index (χ0n) is 17.1. The summed E-state index contributed by atoms with van der Waals surface area (Å²) in [5.74, 6) is 1.57. The summed E-state index contributed by atoms with van der Waals surface area (Å²) < 4.78 is 11.0. The number of hydrogen-bond donors (Lipinski definition) is 0. The van der Waals surface area contributed by atoms with Gasteiger partial charge in [-0.1, -0.05) is 29.8 Å². The second-order valence-electron chi connectivity index (χ2n) is 7.29. The summed E-state index contributed by atoms with van der Waals surface area (Å²) >= 11 is 7.65. The molecule has 30 heavy (non-hydrogen) atoms. The van der Waals surface area contributed by atoms with Crippen molar-refractivity contribution in [3.8, 4) is 11.5 Å². The Morgan fingerprint density at radius 1 is 1.13 bits per heavy atom. The predicted molar refractivity (Wildman–Crippen MR) is 121 cm³/mol. The summed E-state index contributed by atoms with van der Waals surface area (Å²) in [5.41, 5.74) is 3.43. The van der Waals surface area contributed by atoms with Crippen LogP contribution in [0, 0.1) is 0 Å². The molecule has 0 radical (unpaired) electrons. The Labute approximate surface area is 186 Å². The van der Waals surface area contributed by atoms with Crippen molar-refractivity contribution in [1.82, 2.24) is 4.90 Å². The molecule has 1 aliphatic heterocycles. The van der Waals surface area contributed by atoms with Crippen molar-refractivity contribution in [1.29, 1.82) is 0 Å². The zero-order valence-corrected chi connectivity index (χ0v) is 18.6. The van der Waals surface area contributed by atoms with Crippen molar-refractivity contribution >= 4 is 28.8 Å². The molecule has 1 amide bonds. The van der Waals surface area contributed by atoms with Gasteiger partial charge in [0.1, 0.15) is 0 Å². The molecule has 1 aliphatic rings. The lowest BCUT2D eigenvalue weighted by atomic mass is 9.90. The number of halogens is 1. The van der Waals surface area contributed by atoms with E-state index in [9.17, 15) is 4.79 Å². The molecule has 0 aliphatic carbocycles. The quantitative estimate of drug-likeness (QED) is 0.505. The molecule has 4 nitrogen and oxygen atoms in total. The van der Waals surface area contributed by atoms with E-state index in [4.69, 9.17) is 21.1 Å². The number of amides is 1. The van der Waals surface area contributed by atoms with Gasteiger partial charge in [-0.2, -0.15) is 0 Å². The van der Waals surface area contributed by atoms with E-state index in [0.717, 1.165) is 28.2 Å². The fourth-order valence-corrected chi connectivity index (χ4v) is 4.99. The number of aryl methyl sites for hydroxylation is 1. The summed E-state index contributed by atoms with van der Waals surface area (Å²) in [5, 5.41) is 2.76. The summed E-state index contributed by atoms with van der Waals surface area (Å²) in [7, 11) is 3.29. The van der Waals surface area contributed by atoms with Crippen LogP contribution in [0.4, 0.5) is 0 Å². The minimum atomic E-state index is -0.105. The second kappa shape index (κ2) is 9.11. The zero-order chi connectivity index (χ0) is 21.1. The highest BCUT2D eigenvalue weighted by Crippen LogP contribution is 2.42. The van der Waals surface area contributed by atoms with E-state index < -0.39 is 0 Å². The molecule has 1 unspecified atom stereocenters. The van der Waals surface area contributed by atoms with E-state index >= 15 is 0 Å². The Kier molecular flexibility index (Phi) is 6.30. The maximum atomic E-state index is 13.3. The number of thiophene rings is 1. The van der Waals surface area contributed by atoms with Crippen molar-refractivity contribution in [2.45, 2.75) is 25.3 Å². The van der Waals surface area contributed by atoms with Crippen LogP contribution in [0.25, 0.3) is 0 Å². The normalized spacial score (nSPS) is 15.6. The van der Waals surface area contributed by atoms with Crippen LogP contribution in [0.1, 0.15) is 34.0 Å². The fourth-order valence-electron chi connectivity index (χ4n) is 4.01. The highest BCUT2D eigenvalue weighted by Gasteiger charge is 2.33. The third-order valence-electron chi connectivity index (χ3n) is 5.55. The number of methoxy groups -OCH3 is 2. The summed E-state index contributed by atoms with van der Waals surface area (Å²) in [6.45, 7) is 0.685. The van der Waals surface area contributed by atoms with Gasteiger partial charge in [0.2, 0.25) is 5.91 Å². The summed E-state index contributed by atoms with van der Waals surface area (Å²) in [6.07, 6.45) is 1.96. The van der Waals surface area contributed by atoms with Gasteiger partial charge in [-0.25, -0.2) is 0 Å². The minimum Gasteiger partial charge on any atom is -0.493 e. The van der Waals surface area contributed by atoms with Gasteiger partial charge in [-0.15, -0.1) is 11.3 Å². The molecule has 1 atom stereocenters. The topological polar surface area (TPSA) is 38.8 Å². The maximum absolute atomic E-state index is 13.3. The molecule has 2 aromatic carbocycles. The number of carbonyl (C=O) groups is 1. The van der Waals surface area contributed by atoms with Crippen LogP contribution < -0.4 is 9.47 Å². The van der Waals surface area contributed by atoms with Gasteiger partial charge in [-0.3, -0.25) is 4.79 Å². The van der Waals surface area contributed by atoms with Crippen LogP contribution >= 0.6 is 22.9 Å². The molecule has 4 rings (SSSR count). The van der Waals surface area contributed by atoms with E-state index in [1.807, 2.05) is 47.4 Å². The average molecular weight is 442 g/mol. The van der Waals surface area contributed by atoms with Crippen molar-refractivity contribution in [2.24, 2.45) is 0 Å². The number of hydrogen-bond acceptors (Lipinski definition) is 4. The van der Waals surface area contributed by atoms with Gasteiger partial charge in [0.25, 0.3) is 0 Å². The minimum absolute atomic E-state index is 0.105. The van der Waals surface area contributed by atoms with Crippen molar-refractivity contribution in [3.05, 3.63) is 80.5 Å². The fraction of sp³-hybridized carbons (Fsp3) is 0.292. The van der Waals surface area contributed by atoms with Crippen LogP contribution in [-0.2, 0) is 17.6 Å². The highest BCUT2D eigenvalue weighted by atomic mass is 35.5. The van der Waals surface area contributed by atoms with Gasteiger partial charge in [0.15, 0.2) is 11.5 Å².